The molecule has 4 N–H and O–H groups in total. The van der Waals surface area contributed by atoms with Gasteiger partial charge in [0.15, 0.2) is 10.9 Å². The van der Waals surface area contributed by atoms with Crippen LogP contribution in [0.15, 0.2) is 40.9 Å². The minimum absolute atomic E-state index is 0.0125. The van der Waals surface area contributed by atoms with Gasteiger partial charge in [-0.15, -0.1) is 0 Å². The van der Waals surface area contributed by atoms with E-state index in [1.54, 1.807) is 0 Å². The second kappa shape index (κ2) is 14.0. The number of rotatable bonds is 9. The monoisotopic (exact) mass is 779 g/mol. The molecule has 2 aromatic heterocycles. The number of benzene rings is 2. The van der Waals surface area contributed by atoms with E-state index in [4.69, 9.17) is 23.8 Å². The molecule has 4 aromatic rings. The molecule has 0 radical (unpaired) electrons. The first kappa shape index (κ1) is 36.6. The lowest BCUT2D eigenvalue weighted by molar-refractivity contribution is -0.327. The number of carboxylic acid groups (broad SMARTS) is 1. The van der Waals surface area contributed by atoms with Crippen molar-refractivity contribution in [2.45, 2.75) is 106 Å². The summed E-state index contributed by atoms with van der Waals surface area (Å²) in [5.74, 6) is -1.36. The number of carbonyl (C=O) groups excluding carboxylic acids is 1. The number of thiazole rings is 1. The summed E-state index contributed by atoms with van der Waals surface area (Å²) >= 11 is 1.15. The Hall–Kier alpha value is -4.40. The second-order valence-electron chi connectivity index (χ2n) is 13.8. The van der Waals surface area contributed by atoms with Crippen molar-refractivity contribution in [3.05, 3.63) is 64.7 Å². The van der Waals surface area contributed by atoms with E-state index >= 15 is 4.39 Å². The Balaban J connectivity index is 0.962. The molecule has 1 aliphatic carbocycles. The van der Waals surface area contributed by atoms with Crippen LogP contribution >= 0.6 is 11.3 Å². The molecule has 0 spiro atoms. The SMILES string of the molecule is O=C(O)O[C@@H]1O[C@@H](OC(=O)c2cc(F)c3nc(N4[C@@H]5CC[C@H]4CC(OCc4c(-c6ccccc6C(F)(F)F)noc4C4CC4)C5)sc3c2)[C@H](O)[C@H](O)[C@@H]1O. The highest BCUT2D eigenvalue weighted by molar-refractivity contribution is 7.22. The average Bonchev–Trinajstić information content (AvgIpc) is 3.64. The van der Waals surface area contributed by atoms with Gasteiger partial charge in [-0.3, -0.25) is 4.74 Å². The molecule has 2 bridgehead atoms. The zero-order chi connectivity index (χ0) is 38.1. The molecule has 4 aliphatic rings. The van der Waals surface area contributed by atoms with Crippen LogP contribution in [0.2, 0.25) is 0 Å². The van der Waals surface area contributed by atoms with E-state index in [1.165, 1.54) is 24.3 Å². The zero-order valence-corrected chi connectivity index (χ0v) is 28.8. The summed E-state index contributed by atoms with van der Waals surface area (Å²) in [6.45, 7) is 0.0297. The van der Waals surface area contributed by atoms with Crippen molar-refractivity contribution < 1.29 is 71.0 Å². The number of aromatic nitrogens is 2. The number of esters is 1. The summed E-state index contributed by atoms with van der Waals surface area (Å²) in [6.07, 6.45) is -12.0. The van der Waals surface area contributed by atoms with Crippen molar-refractivity contribution in [1.82, 2.24) is 10.1 Å². The van der Waals surface area contributed by atoms with E-state index in [2.05, 4.69) is 19.8 Å². The van der Waals surface area contributed by atoms with E-state index < -0.39 is 60.6 Å². The van der Waals surface area contributed by atoms with Crippen LogP contribution in [0.5, 0.6) is 0 Å². The first-order valence-corrected chi connectivity index (χ1v) is 18.0. The maximum Gasteiger partial charge on any atom is 0.508 e. The van der Waals surface area contributed by atoms with Gasteiger partial charge < -0.3 is 44.1 Å². The Kier molecular flexibility index (Phi) is 9.50. The number of ether oxygens (including phenoxy) is 4. The van der Waals surface area contributed by atoms with Crippen molar-refractivity contribution in [3.8, 4) is 11.3 Å². The van der Waals surface area contributed by atoms with Crippen LogP contribution in [-0.2, 0) is 31.7 Å². The van der Waals surface area contributed by atoms with Gasteiger partial charge in [0.05, 0.1) is 28.5 Å². The van der Waals surface area contributed by atoms with Gasteiger partial charge in [-0.25, -0.2) is 19.0 Å². The normalized spacial score (nSPS) is 28.4. The van der Waals surface area contributed by atoms with Crippen LogP contribution in [0.4, 0.5) is 27.5 Å². The predicted octanol–water partition coefficient (Wildman–Crippen LogP) is 5.32. The third-order valence-corrected chi connectivity index (χ3v) is 11.3. The number of nitrogens with zero attached hydrogens (tertiary/aromatic N) is 3. The molecule has 14 nitrogen and oxygen atoms in total. The van der Waals surface area contributed by atoms with Crippen LogP contribution in [-0.4, -0.2) is 91.8 Å². The lowest BCUT2D eigenvalue weighted by Gasteiger charge is -2.38. The van der Waals surface area contributed by atoms with Gasteiger partial charge in [-0.1, -0.05) is 34.7 Å². The number of hydrogen-bond acceptors (Lipinski definition) is 14. The summed E-state index contributed by atoms with van der Waals surface area (Å²) in [6, 6.07) is 7.45. The van der Waals surface area contributed by atoms with E-state index in [-0.39, 0.29) is 53.0 Å². The fourth-order valence-corrected chi connectivity index (χ4v) is 8.71. The number of piperidine rings is 1. The highest BCUT2D eigenvalue weighted by atomic mass is 32.1. The largest absolute Gasteiger partial charge is 0.508 e. The minimum atomic E-state index is -4.58. The molecule has 1 unspecified atom stereocenters. The van der Waals surface area contributed by atoms with Crippen LogP contribution < -0.4 is 4.90 Å². The Morgan fingerprint density at radius 3 is 2.31 bits per heavy atom. The molecule has 288 valence electrons. The van der Waals surface area contributed by atoms with Crippen LogP contribution in [0.3, 0.4) is 0 Å². The third-order valence-electron chi connectivity index (χ3n) is 10.3. The Morgan fingerprint density at radius 2 is 1.65 bits per heavy atom. The standard InChI is InChI=1S/C35H33F4N3O11S/c36-22-9-15(30(46)50-31-27(44)26(43)28(45)32(51-31)52-34(47)48)10-23-25(22)40-33(54-23)42-16-7-8-17(42)12-18(11-16)49-13-20-24(41-53-29(20)14-5-6-14)19-3-1-2-4-21(19)35(37,38)39/h1-4,9-10,14,16-18,26-28,31-32,43-45H,5-8,11-13H2,(H,47,48)/t16-,17+,18?,26-,27+,28-,31+,32-/m0/s1. The number of fused-ring (bicyclic) bond motifs is 3. The van der Waals surface area contributed by atoms with Gasteiger partial charge in [0.1, 0.15) is 35.3 Å². The first-order chi connectivity index (χ1) is 25.8. The summed E-state index contributed by atoms with van der Waals surface area (Å²) in [4.78, 5) is 30.6. The lowest BCUT2D eigenvalue weighted by Crippen LogP contribution is -2.59. The molecule has 5 heterocycles. The molecule has 19 heteroatoms. The molecular formula is C35H33F4N3O11S. The maximum absolute atomic E-state index is 15.4. The third kappa shape index (κ3) is 6.88. The fraction of sp³-hybridized carbons (Fsp3) is 0.486. The van der Waals surface area contributed by atoms with Gasteiger partial charge >= 0.3 is 18.3 Å². The molecular weight excluding hydrogens is 746 g/mol. The number of hydrogen-bond donors (Lipinski definition) is 4. The second-order valence-corrected chi connectivity index (χ2v) is 14.8. The summed E-state index contributed by atoms with van der Waals surface area (Å²) in [7, 11) is 0. The van der Waals surface area contributed by atoms with Gasteiger partial charge in [-0.2, -0.15) is 13.2 Å². The number of halogens is 4. The van der Waals surface area contributed by atoms with Crippen molar-refractivity contribution in [1.29, 1.82) is 0 Å². The highest BCUT2D eigenvalue weighted by Gasteiger charge is 2.48. The Labute approximate surface area is 306 Å². The Morgan fingerprint density at radius 1 is 0.963 bits per heavy atom. The number of aliphatic hydroxyl groups excluding tert-OH is 3. The molecule has 3 aliphatic heterocycles. The number of aliphatic hydroxyl groups is 3. The molecule has 54 heavy (non-hydrogen) atoms. The fourth-order valence-electron chi connectivity index (χ4n) is 7.54. The minimum Gasteiger partial charge on any atom is -0.450 e. The quantitative estimate of drug-likeness (QED) is 0.126. The van der Waals surface area contributed by atoms with Gasteiger partial charge in [0.25, 0.3) is 0 Å². The highest BCUT2D eigenvalue weighted by Crippen LogP contribution is 2.47. The maximum atomic E-state index is 15.4. The van der Waals surface area contributed by atoms with Gasteiger partial charge in [-0.05, 0) is 56.7 Å². The van der Waals surface area contributed by atoms with Crippen LogP contribution in [0.1, 0.15) is 71.7 Å². The molecule has 0 amide bonds. The Bertz CT molecular complexity index is 2060. The smallest absolute Gasteiger partial charge is 0.450 e. The van der Waals surface area contributed by atoms with E-state index in [1.807, 2.05) is 0 Å². The van der Waals surface area contributed by atoms with Crippen molar-refractivity contribution in [2.24, 2.45) is 0 Å². The predicted molar refractivity (Wildman–Crippen MR) is 177 cm³/mol. The summed E-state index contributed by atoms with van der Waals surface area (Å²) in [5, 5.41) is 43.8. The molecule has 2 aromatic carbocycles. The first-order valence-electron chi connectivity index (χ1n) is 17.2. The molecule has 8 rings (SSSR count). The van der Waals surface area contributed by atoms with Gasteiger partial charge in [0.2, 0.25) is 12.6 Å². The molecule has 1 saturated carbocycles. The van der Waals surface area contributed by atoms with Crippen LogP contribution in [0.25, 0.3) is 21.5 Å². The van der Waals surface area contributed by atoms with E-state index in [0.29, 0.717) is 34.0 Å². The topological polar surface area (TPSA) is 194 Å². The molecule has 4 fully saturated rings. The molecule has 3 saturated heterocycles. The van der Waals surface area contributed by atoms with Crippen molar-refractivity contribution >= 4 is 38.8 Å². The van der Waals surface area contributed by atoms with Crippen molar-refractivity contribution in [3.63, 3.8) is 0 Å². The number of alkyl halides is 3. The lowest BCUT2D eigenvalue weighted by atomic mass is 9.98. The number of anilines is 1. The summed E-state index contributed by atoms with van der Waals surface area (Å²) in [5.41, 5.74) is -0.492. The average molecular weight is 780 g/mol. The molecule has 8 atom stereocenters. The number of carbonyl (C=O) groups is 2. The van der Waals surface area contributed by atoms with Crippen molar-refractivity contribution in [2.75, 3.05) is 4.90 Å². The zero-order valence-electron chi connectivity index (χ0n) is 28.0. The summed E-state index contributed by atoms with van der Waals surface area (Å²) < 4.78 is 84.0. The van der Waals surface area contributed by atoms with Gasteiger partial charge in [0, 0.05) is 29.1 Å². The van der Waals surface area contributed by atoms with E-state index in [9.17, 15) is 38.1 Å². The van der Waals surface area contributed by atoms with Crippen LogP contribution in [0, 0.1) is 5.82 Å². The van der Waals surface area contributed by atoms with E-state index in [0.717, 1.165) is 49.2 Å².